The van der Waals surface area contributed by atoms with Crippen molar-refractivity contribution in [1.29, 1.82) is 0 Å². The molecule has 3 aromatic rings. The summed E-state index contributed by atoms with van der Waals surface area (Å²) in [7, 11) is 0. The summed E-state index contributed by atoms with van der Waals surface area (Å²) in [6, 6.07) is 18.8. The largest absolute Gasteiger partial charge is 0.303 e. The number of fused-ring (bicyclic) bond motifs is 3. The molecule has 0 saturated carbocycles. The summed E-state index contributed by atoms with van der Waals surface area (Å²) in [6.45, 7) is 0. The van der Waals surface area contributed by atoms with Crippen LogP contribution in [0, 0.1) is 0 Å². The van der Waals surface area contributed by atoms with Crippen molar-refractivity contribution in [3.8, 4) is 0 Å². The Kier molecular flexibility index (Phi) is 2.37. The Morgan fingerprint density at radius 2 is 1.53 bits per heavy atom. The van der Waals surface area contributed by atoms with E-state index in [1.54, 1.807) is 0 Å². The molecule has 82 valence electrons. The highest BCUT2D eigenvalue weighted by Gasteiger charge is 2.01. The van der Waals surface area contributed by atoms with Gasteiger partial charge < -0.3 is 4.79 Å². The van der Waals surface area contributed by atoms with Crippen LogP contribution in [0.5, 0.6) is 0 Å². The molecule has 0 aromatic heterocycles. The molecule has 0 atom stereocenters. The second-order valence-corrected chi connectivity index (χ2v) is 4.21. The highest BCUT2D eigenvalue weighted by Crippen LogP contribution is 2.26. The number of rotatable bonds is 2. The van der Waals surface area contributed by atoms with E-state index in [1.807, 2.05) is 18.2 Å². The summed E-state index contributed by atoms with van der Waals surface area (Å²) in [5, 5.41) is 4.93. The van der Waals surface area contributed by atoms with Gasteiger partial charge in [-0.25, -0.2) is 0 Å². The second kappa shape index (κ2) is 4.02. The van der Waals surface area contributed by atoms with Gasteiger partial charge in [0.05, 0.1) is 0 Å². The van der Waals surface area contributed by atoms with E-state index in [-0.39, 0.29) is 0 Å². The lowest BCUT2D eigenvalue weighted by Gasteiger charge is -2.05. The molecule has 0 N–H and O–H groups in total. The zero-order valence-electron chi connectivity index (χ0n) is 9.39. The third kappa shape index (κ3) is 1.70. The molecule has 0 spiro atoms. The van der Waals surface area contributed by atoms with Gasteiger partial charge in [0.1, 0.15) is 6.29 Å². The van der Waals surface area contributed by atoms with Crippen molar-refractivity contribution < 1.29 is 4.79 Å². The van der Waals surface area contributed by atoms with E-state index in [2.05, 4.69) is 36.4 Å². The van der Waals surface area contributed by atoms with E-state index >= 15 is 0 Å². The molecule has 0 aliphatic heterocycles. The monoisotopic (exact) mass is 220 g/mol. The van der Waals surface area contributed by atoms with Gasteiger partial charge in [-0.1, -0.05) is 54.6 Å². The van der Waals surface area contributed by atoms with Crippen LogP contribution in [0.2, 0.25) is 0 Å². The van der Waals surface area contributed by atoms with Gasteiger partial charge >= 0.3 is 0 Å². The van der Waals surface area contributed by atoms with Crippen LogP contribution in [0.15, 0.2) is 54.6 Å². The second-order valence-electron chi connectivity index (χ2n) is 4.21. The standard InChI is InChI=1S/C16H12O/c17-10-9-12-5-6-14-8-7-13-3-1-2-4-15(13)16(14)11-12/h1-8,10-11H,9H2. The quantitative estimate of drug-likeness (QED) is 0.475. The van der Waals surface area contributed by atoms with Crippen LogP contribution >= 0.6 is 0 Å². The minimum atomic E-state index is 0.485. The highest BCUT2D eigenvalue weighted by molar-refractivity contribution is 6.07. The van der Waals surface area contributed by atoms with Gasteiger partial charge in [0, 0.05) is 6.42 Å². The first kappa shape index (κ1) is 10.0. The first-order valence-corrected chi connectivity index (χ1v) is 5.72. The summed E-state index contributed by atoms with van der Waals surface area (Å²) >= 11 is 0. The molecule has 0 bridgehead atoms. The maximum atomic E-state index is 10.6. The van der Waals surface area contributed by atoms with Crippen molar-refractivity contribution in [2.75, 3.05) is 0 Å². The van der Waals surface area contributed by atoms with Crippen molar-refractivity contribution in [1.82, 2.24) is 0 Å². The smallest absolute Gasteiger partial charge is 0.124 e. The van der Waals surface area contributed by atoms with Crippen LogP contribution in [-0.2, 0) is 11.2 Å². The first-order valence-electron chi connectivity index (χ1n) is 5.72. The molecule has 0 unspecified atom stereocenters. The fourth-order valence-electron chi connectivity index (χ4n) is 2.27. The average molecular weight is 220 g/mol. The fourth-order valence-corrected chi connectivity index (χ4v) is 2.27. The Morgan fingerprint density at radius 3 is 2.35 bits per heavy atom. The summed E-state index contributed by atoms with van der Waals surface area (Å²) in [5.41, 5.74) is 1.07. The van der Waals surface area contributed by atoms with Gasteiger partial charge in [-0.15, -0.1) is 0 Å². The van der Waals surface area contributed by atoms with E-state index in [0.717, 1.165) is 11.8 Å². The molecular formula is C16H12O. The van der Waals surface area contributed by atoms with E-state index < -0.39 is 0 Å². The van der Waals surface area contributed by atoms with Gasteiger partial charge in [0.25, 0.3) is 0 Å². The molecule has 3 rings (SSSR count). The molecule has 0 amide bonds. The van der Waals surface area contributed by atoms with Crippen molar-refractivity contribution in [2.24, 2.45) is 0 Å². The Balaban J connectivity index is 2.38. The predicted octanol–water partition coefficient (Wildman–Crippen LogP) is 3.73. The highest BCUT2D eigenvalue weighted by atomic mass is 16.1. The molecular weight excluding hydrogens is 208 g/mol. The van der Waals surface area contributed by atoms with Gasteiger partial charge in [-0.05, 0) is 27.1 Å². The molecule has 0 heterocycles. The van der Waals surface area contributed by atoms with Crippen LogP contribution in [0.4, 0.5) is 0 Å². The molecule has 0 radical (unpaired) electrons. The summed E-state index contributed by atoms with van der Waals surface area (Å²) in [6.07, 6.45) is 1.44. The topological polar surface area (TPSA) is 17.1 Å². The number of benzene rings is 3. The van der Waals surface area contributed by atoms with Gasteiger partial charge in [-0.3, -0.25) is 0 Å². The van der Waals surface area contributed by atoms with Crippen LogP contribution in [0.25, 0.3) is 21.5 Å². The maximum absolute atomic E-state index is 10.6. The lowest BCUT2D eigenvalue weighted by atomic mass is 9.99. The number of carbonyl (C=O) groups is 1. The lowest BCUT2D eigenvalue weighted by molar-refractivity contribution is -0.107. The Bertz CT molecular complexity index is 698. The summed E-state index contributed by atoms with van der Waals surface area (Å²) in [5.74, 6) is 0. The van der Waals surface area contributed by atoms with Crippen molar-refractivity contribution in [3.63, 3.8) is 0 Å². The Hall–Kier alpha value is -2.15. The molecule has 3 aromatic carbocycles. The van der Waals surface area contributed by atoms with Gasteiger partial charge in [0.15, 0.2) is 0 Å². The predicted molar refractivity (Wildman–Crippen MR) is 71.2 cm³/mol. The van der Waals surface area contributed by atoms with E-state index in [1.165, 1.54) is 21.5 Å². The lowest BCUT2D eigenvalue weighted by Crippen LogP contribution is -1.86. The van der Waals surface area contributed by atoms with Crippen LogP contribution in [0.3, 0.4) is 0 Å². The number of hydrogen-bond acceptors (Lipinski definition) is 1. The van der Waals surface area contributed by atoms with Crippen LogP contribution in [0.1, 0.15) is 5.56 Å². The van der Waals surface area contributed by atoms with Crippen molar-refractivity contribution in [2.45, 2.75) is 6.42 Å². The molecule has 0 saturated heterocycles. The van der Waals surface area contributed by atoms with E-state index in [4.69, 9.17) is 0 Å². The number of hydrogen-bond donors (Lipinski definition) is 0. The van der Waals surface area contributed by atoms with Crippen LogP contribution in [-0.4, -0.2) is 6.29 Å². The van der Waals surface area contributed by atoms with E-state index in [0.29, 0.717) is 6.42 Å². The summed E-state index contributed by atoms with van der Waals surface area (Å²) in [4.78, 5) is 10.6. The molecule has 0 aliphatic rings. The average Bonchev–Trinajstić information content (AvgIpc) is 2.39. The molecule has 1 heteroatoms. The van der Waals surface area contributed by atoms with Crippen molar-refractivity contribution in [3.05, 3.63) is 60.2 Å². The molecule has 0 fully saturated rings. The Labute approximate surface area is 99.7 Å². The molecule has 0 aliphatic carbocycles. The number of carbonyl (C=O) groups excluding carboxylic acids is 1. The van der Waals surface area contributed by atoms with Crippen LogP contribution < -0.4 is 0 Å². The maximum Gasteiger partial charge on any atom is 0.124 e. The zero-order valence-corrected chi connectivity index (χ0v) is 9.39. The first-order chi connectivity index (χ1) is 8.38. The van der Waals surface area contributed by atoms with Crippen molar-refractivity contribution >= 4 is 27.8 Å². The third-order valence-electron chi connectivity index (χ3n) is 3.13. The SMILES string of the molecule is O=CCc1ccc2ccc3ccccc3c2c1. The molecule has 17 heavy (non-hydrogen) atoms. The third-order valence-corrected chi connectivity index (χ3v) is 3.13. The fraction of sp³-hybridized carbons (Fsp3) is 0.0625. The molecule has 1 nitrogen and oxygen atoms in total. The Morgan fingerprint density at radius 1 is 0.824 bits per heavy atom. The van der Waals surface area contributed by atoms with Gasteiger partial charge in [-0.2, -0.15) is 0 Å². The zero-order chi connectivity index (χ0) is 11.7. The minimum absolute atomic E-state index is 0.485. The number of aldehydes is 1. The van der Waals surface area contributed by atoms with E-state index in [9.17, 15) is 4.79 Å². The summed E-state index contributed by atoms with van der Waals surface area (Å²) < 4.78 is 0. The normalized spacial score (nSPS) is 10.8. The van der Waals surface area contributed by atoms with Gasteiger partial charge in [0.2, 0.25) is 0 Å². The minimum Gasteiger partial charge on any atom is -0.303 e.